The van der Waals surface area contributed by atoms with Crippen molar-refractivity contribution in [2.45, 2.75) is 32.7 Å². The predicted octanol–water partition coefficient (Wildman–Crippen LogP) is 3.28. The van der Waals surface area contributed by atoms with Crippen LogP contribution < -0.4 is 5.32 Å². The lowest BCUT2D eigenvalue weighted by Crippen LogP contribution is -2.34. The third-order valence-electron chi connectivity index (χ3n) is 4.58. The topological polar surface area (TPSA) is 72.2 Å². The predicted molar refractivity (Wildman–Crippen MR) is 95.6 cm³/mol. The standard InChI is InChI=1S/C18H18ClN5O/c1-10-5-16(13-6-14(19)8-20-7-13)23-17-15(9-21-24(10)17)18(25)22-11(2)12-3-4-12/h5-9,11-12H,3-4H2,1-2H3,(H,22,25). The average molecular weight is 356 g/mol. The number of hydrogen-bond donors (Lipinski definition) is 1. The summed E-state index contributed by atoms with van der Waals surface area (Å²) >= 11 is 6.03. The van der Waals surface area contributed by atoms with E-state index < -0.39 is 0 Å². The van der Waals surface area contributed by atoms with Gasteiger partial charge in [-0.1, -0.05) is 11.6 Å². The van der Waals surface area contributed by atoms with Crippen LogP contribution in [-0.4, -0.2) is 31.5 Å². The molecule has 6 nitrogen and oxygen atoms in total. The lowest BCUT2D eigenvalue weighted by molar-refractivity contribution is 0.0937. The highest BCUT2D eigenvalue weighted by Gasteiger charge is 2.29. The Morgan fingerprint density at radius 3 is 2.84 bits per heavy atom. The van der Waals surface area contributed by atoms with Crippen molar-refractivity contribution in [3.05, 3.63) is 47.0 Å². The van der Waals surface area contributed by atoms with Crippen molar-refractivity contribution < 1.29 is 4.79 Å². The van der Waals surface area contributed by atoms with Gasteiger partial charge < -0.3 is 5.32 Å². The number of halogens is 1. The van der Waals surface area contributed by atoms with E-state index in [1.54, 1.807) is 29.2 Å². The van der Waals surface area contributed by atoms with Crippen molar-refractivity contribution in [2.75, 3.05) is 0 Å². The van der Waals surface area contributed by atoms with E-state index in [0.717, 1.165) is 11.3 Å². The molecule has 1 unspecified atom stereocenters. The Morgan fingerprint density at radius 2 is 2.12 bits per heavy atom. The van der Waals surface area contributed by atoms with Crippen LogP contribution in [0.3, 0.4) is 0 Å². The van der Waals surface area contributed by atoms with Crippen LogP contribution in [0, 0.1) is 12.8 Å². The highest BCUT2D eigenvalue weighted by molar-refractivity contribution is 6.30. The summed E-state index contributed by atoms with van der Waals surface area (Å²) in [6, 6.07) is 3.88. The number of fused-ring (bicyclic) bond motifs is 1. The summed E-state index contributed by atoms with van der Waals surface area (Å²) in [6.07, 6.45) is 7.21. The van der Waals surface area contributed by atoms with Crippen LogP contribution in [0.5, 0.6) is 0 Å². The fourth-order valence-electron chi connectivity index (χ4n) is 2.97. The van der Waals surface area contributed by atoms with Gasteiger partial charge in [-0.25, -0.2) is 9.50 Å². The zero-order valence-electron chi connectivity index (χ0n) is 14.0. The maximum absolute atomic E-state index is 12.6. The van der Waals surface area contributed by atoms with Crippen LogP contribution in [-0.2, 0) is 0 Å². The van der Waals surface area contributed by atoms with Gasteiger partial charge >= 0.3 is 0 Å². The normalized spacial score (nSPS) is 15.3. The fraction of sp³-hybridized carbons (Fsp3) is 0.333. The van der Waals surface area contributed by atoms with E-state index in [9.17, 15) is 4.79 Å². The first-order valence-electron chi connectivity index (χ1n) is 8.30. The number of hydrogen-bond acceptors (Lipinski definition) is 4. The van der Waals surface area contributed by atoms with E-state index in [1.165, 1.54) is 12.8 Å². The Kier molecular flexibility index (Phi) is 3.92. The second kappa shape index (κ2) is 6.11. The number of aromatic nitrogens is 4. The Hall–Kier alpha value is -2.47. The molecule has 0 bridgehead atoms. The van der Waals surface area contributed by atoms with Gasteiger partial charge in [-0.15, -0.1) is 0 Å². The number of amides is 1. The minimum absolute atomic E-state index is 0.136. The van der Waals surface area contributed by atoms with Crippen molar-refractivity contribution in [1.29, 1.82) is 0 Å². The minimum atomic E-state index is -0.136. The highest BCUT2D eigenvalue weighted by atomic mass is 35.5. The zero-order chi connectivity index (χ0) is 17.6. The zero-order valence-corrected chi connectivity index (χ0v) is 14.8. The van der Waals surface area contributed by atoms with Crippen LogP contribution in [0.2, 0.25) is 5.02 Å². The van der Waals surface area contributed by atoms with Crippen LogP contribution in [0.25, 0.3) is 16.9 Å². The second-order valence-corrected chi connectivity index (χ2v) is 7.00. The number of nitrogens with zero attached hydrogens (tertiary/aromatic N) is 4. The van der Waals surface area contributed by atoms with E-state index in [4.69, 9.17) is 11.6 Å². The molecule has 1 fully saturated rings. The molecule has 3 heterocycles. The van der Waals surface area contributed by atoms with Gasteiger partial charge in [0.1, 0.15) is 5.56 Å². The number of pyridine rings is 1. The first kappa shape index (κ1) is 16.0. The molecule has 0 spiro atoms. The van der Waals surface area contributed by atoms with Crippen molar-refractivity contribution in [2.24, 2.45) is 5.92 Å². The van der Waals surface area contributed by atoms with Crippen molar-refractivity contribution >= 4 is 23.2 Å². The highest BCUT2D eigenvalue weighted by Crippen LogP contribution is 2.32. The molecule has 1 saturated carbocycles. The molecule has 3 aromatic heterocycles. The number of carbonyl (C=O) groups excluding carboxylic acids is 1. The van der Waals surface area contributed by atoms with E-state index in [-0.39, 0.29) is 11.9 Å². The summed E-state index contributed by atoms with van der Waals surface area (Å²) in [4.78, 5) is 21.4. The molecule has 0 saturated heterocycles. The Morgan fingerprint density at radius 1 is 1.32 bits per heavy atom. The van der Waals surface area contributed by atoms with E-state index in [2.05, 4.69) is 20.4 Å². The molecule has 128 valence electrons. The van der Waals surface area contributed by atoms with Gasteiger partial charge in [0.15, 0.2) is 5.65 Å². The molecule has 1 atom stereocenters. The van der Waals surface area contributed by atoms with Crippen LogP contribution in [0.15, 0.2) is 30.7 Å². The SMILES string of the molecule is Cc1cc(-c2cncc(Cl)c2)nc2c(C(=O)NC(C)C3CC3)cnn12. The monoisotopic (exact) mass is 355 g/mol. The molecule has 4 rings (SSSR count). The summed E-state index contributed by atoms with van der Waals surface area (Å²) < 4.78 is 1.68. The van der Waals surface area contributed by atoms with Gasteiger partial charge in [0, 0.05) is 29.7 Å². The third kappa shape index (κ3) is 3.09. The maximum atomic E-state index is 12.6. The summed E-state index contributed by atoms with van der Waals surface area (Å²) in [5.41, 5.74) is 3.42. The molecule has 0 aromatic carbocycles. The summed E-state index contributed by atoms with van der Waals surface area (Å²) in [5.74, 6) is 0.455. The smallest absolute Gasteiger partial charge is 0.256 e. The van der Waals surface area contributed by atoms with Gasteiger partial charge in [0.2, 0.25) is 0 Å². The average Bonchev–Trinajstić information content (AvgIpc) is 3.34. The van der Waals surface area contributed by atoms with E-state index in [0.29, 0.717) is 27.8 Å². The Labute approximate surface area is 150 Å². The molecular weight excluding hydrogens is 338 g/mol. The molecule has 1 N–H and O–H groups in total. The van der Waals surface area contributed by atoms with Crippen LogP contribution in [0.1, 0.15) is 35.8 Å². The first-order chi connectivity index (χ1) is 12.0. The summed E-state index contributed by atoms with van der Waals surface area (Å²) in [5, 5.41) is 7.91. The molecule has 7 heteroatoms. The number of carbonyl (C=O) groups is 1. The maximum Gasteiger partial charge on any atom is 0.256 e. The quantitative estimate of drug-likeness (QED) is 0.779. The molecule has 1 aliphatic carbocycles. The summed E-state index contributed by atoms with van der Waals surface area (Å²) in [7, 11) is 0. The van der Waals surface area contributed by atoms with Gasteiger partial charge in [-0.05, 0) is 44.7 Å². The molecular formula is C18H18ClN5O. The number of rotatable bonds is 4. The molecule has 0 radical (unpaired) electrons. The van der Waals surface area contributed by atoms with Gasteiger partial charge in [0.05, 0.1) is 16.9 Å². The molecule has 0 aliphatic heterocycles. The van der Waals surface area contributed by atoms with Crippen LogP contribution in [0.4, 0.5) is 0 Å². The number of aryl methyl sites for hydroxylation is 1. The van der Waals surface area contributed by atoms with Gasteiger partial charge in [0.25, 0.3) is 5.91 Å². The first-order valence-corrected chi connectivity index (χ1v) is 8.68. The van der Waals surface area contributed by atoms with Gasteiger partial charge in [-0.2, -0.15) is 5.10 Å². The van der Waals surface area contributed by atoms with Crippen molar-refractivity contribution in [3.8, 4) is 11.3 Å². The van der Waals surface area contributed by atoms with E-state index >= 15 is 0 Å². The summed E-state index contributed by atoms with van der Waals surface area (Å²) in [6.45, 7) is 3.97. The molecule has 25 heavy (non-hydrogen) atoms. The Bertz CT molecular complexity index is 963. The largest absolute Gasteiger partial charge is 0.349 e. The lowest BCUT2D eigenvalue weighted by Gasteiger charge is -2.12. The van der Waals surface area contributed by atoms with Crippen molar-refractivity contribution in [1.82, 2.24) is 24.9 Å². The molecule has 1 aliphatic rings. The fourth-order valence-corrected chi connectivity index (χ4v) is 3.15. The van der Waals surface area contributed by atoms with Crippen LogP contribution >= 0.6 is 11.6 Å². The molecule has 3 aromatic rings. The van der Waals surface area contributed by atoms with Crippen molar-refractivity contribution in [3.63, 3.8) is 0 Å². The number of nitrogens with one attached hydrogen (secondary N) is 1. The minimum Gasteiger partial charge on any atom is -0.349 e. The van der Waals surface area contributed by atoms with E-state index in [1.807, 2.05) is 19.9 Å². The lowest BCUT2D eigenvalue weighted by atomic mass is 10.1. The second-order valence-electron chi connectivity index (χ2n) is 6.57. The molecule has 1 amide bonds. The van der Waals surface area contributed by atoms with Gasteiger partial charge in [-0.3, -0.25) is 9.78 Å². The Balaban J connectivity index is 1.74. The third-order valence-corrected chi connectivity index (χ3v) is 4.79.